The number of amides is 1. The van der Waals surface area contributed by atoms with Crippen molar-refractivity contribution in [3.8, 4) is 5.69 Å². The molecule has 0 saturated carbocycles. The summed E-state index contributed by atoms with van der Waals surface area (Å²) in [6.45, 7) is 3.11. The molecule has 2 aliphatic heterocycles. The number of hydrogen-bond donors (Lipinski definition) is 1. The van der Waals surface area contributed by atoms with Gasteiger partial charge in [0.15, 0.2) is 0 Å². The van der Waals surface area contributed by atoms with E-state index in [1.807, 2.05) is 6.92 Å². The summed E-state index contributed by atoms with van der Waals surface area (Å²) in [6.07, 6.45) is -2.27. The van der Waals surface area contributed by atoms with Crippen LogP contribution in [0.25, 0.3) is 5.69 Å². The standard InChI is InChI=1S/C23H22F4N6O2/c1-12(24)18-10-35-22(34)33(18)19-7-8-28-21(31-19)30-13(2)20-16-6-4-14-3-5-15(23(25,26)27)9-17(14)32(16)11-29-20/h3,5,7-9,11-13,18H,4,6,10H2,1-2H3,(H,28,30,31)/t12-,13-,18+/m0/s1. The van der Waals surface area contributed by atoms with E-state index in [2.05, 4.69) is 20.3 Å². The van der Waals surface area contributed by atoms with Gasteiger partial charge in [-0.2, -0.15) is 18.2 Å². The molecule has 0 bridgehead atoms. The lowest BCUT2D eigenvalue weighted by Gasteiger charge is -2.23. The summed E-state index contributed by atoms with van der Waals surface area (Å²) in [5.41, 5.74) is 2.02. The molecule has 35 heavy (non-hydrogen) atoms. The number of nitrogens with zero attached hydrogens (tertiary/aromatic N) is 5. The van der Waals surface area contributed by atoms with Gasteiger partial charge in [0, 0.05) is 11.9 Å². The Morgan fingerprint density at radius 2 is 1.97 bits per heavy atom. The van der Waals surface area contributed by atoms with Gasteiger partial charge in [0.1, 0.15) is 24.6 Å². The van der Waals surface area contributed by atoms with Gasteiger partial charge in [0.05, 0.1) is 29.3 Å². The van der Waals surface area contributed by atoms with Gasteiger partial charge in [-0.05, 0) is 50.5 Å². The first-order valence-corrected chi connectivity index (χ1v) is 11.1. The summed E-state index contributed by atoms with van der Waals surface area (Å²) in [5.74, 6) is 0.393. The second-order valence-electron chi connectivity index (χ2n) is 8.58. The van der Waals surface area contributed by atoms with E-state index < -0.39 is 36.1 Å². The highest BCUT2D eigenvalue weighted by atomic mass is 19.4. The third kappa shape index (κ3) is 4.17. The van der Waals surface area contributed by atoms with Crippen LogP contribution in [0.5, 0.6) is 0 Å². The van der Waals surface area contributed by atoms with Crippen LogP contribution >= 0.6 is 0 Å². The molecule has 1 N–H and O–H groups in total. The molecule has 0 unspecified atom stereocenters. The van der Waals surface area contributed by atoms with Gasteiger partial charge in [-0.15, -0.1) is 0 Å². The Balaban J connectivity index is 1.40. The Kier molecular flexibility index (Phi) is 5.60. The molecule has 8 nitrogen and oxygen atoms in total. The van der Waals surface area contributed by atoms with E-state index in [-0.39, 0.29) is 18.4 Å². The molecular weight excluding hydrogens is 468 g/mol. The maximum atomic E-state index is 14.0. The summed E-state index contributed by atoms with van der Waals surface area (Å²) in [7, 11) is 0. The highest BCUT2D eigenvalue weighted by molar-refractivity contribution is 5.89. The molecule has 0 spiro atoms. The number of carbonyl (C=O) groups is 1. The maximum absolute atomic E-state index is 14.0. The number of rotatable bonds is 5. The van der Waals surface area contributed by atoms with Crippen molar-refractivity contribution < 1.29 is 27.1 Å². The van der Waals surface area contributed by atoms with Crippen molar-refractivity contribution >= 4 is 17.9 Å². The molecule has 4 heterocycles. The summed E-state index contributed by atoms with van der Waals surface area (Å²) >= 11 is 0. The number of benzene rings is 1. The molecule has 1 aromatic carbocycles. The van der Waals surface area contributed by atoms with E-state index in [0.29, 0.717) is 24.2 Å². The van der Waals surface area contributed by atoms with Crippen LogP contribution in [0, 0.1) is 0 Å². The predicted octanol–water partition coefficient (Wildman–Crippen LogP) is 4.64. The molecule has 0 aliphatic carbocycles. The van der Waals surface area contributed by atoms with Gasteiger partial charge >= 0.3 is 12.3 Å². The van der Waals surface area contributed by atoms with E-state index in [1.165, 1.54) is 31.6 Å². The molecule has 184 valence electrons. The third-order valence-corrected chi connectivity index (χ3v) is 6.28. The lowest BCUT2D eigenvalue weighted by Crippen LogP contribution is -2.39. The Morgan fingerprint density at radius 3 is 2.71 bits per heavy atom. The minimum Gasteiger partial charge on any atom is -0.447 e. The predicted molar refractivity (Wildman–Crippen MR) is 118 cm³/mol. The molecule has 1 saturated heterocycles. The Bertz CT molecular complexity index is 1280. The quantitative estimate of drug-likeness (QED) is 0.525. The zero-order valence-corrected chi connectivity index (χ0v) is 18.9. The number of imidazole rings is 1. The molecule has 3 aromatic rings. The van der Waals surface area contributed by atoms with E-state index >= 15 is 0 Å². The highest BCUT2D eigenvalue weighted by Crippen LogP contribution is 2.35. The average molecular weight is 490 g/mol. The normalized spacial score (nSPS) is 19.1. The van der Waals surface area contributed by atoms with Crippen molar-refractivity contribution in [2.24, 2.45) is 0 Å². The smallest absolute Gasteiger partial charge is 0.416 e. The van der Waals surface area contributed by atoms with Crippen LogP contribution in [0.3, 0.4) is 0 Å². The van der Waals surface area contributed by atoms with Gasteiger partial charge in [-0.1, -0.05) is 6.07 Å². The van der Waals surface area contributed by atoms with E-state index in [9.17, 15) is 22.4 Å². The maximum Gasteiger partial charge on any atom is 0.416 e. The topological polar surface area (TPSA) is 85.2 Å². The lowest BCUT2D eigenvalue weighted by molar-refractivity contribution is -0.137. The molecule has 5 rings (SSSR count). The van der Waals surface area contributed by atoms with Crippen LogP contribution < -0.4 is 10.2 Å². The Labute approximate surface area is 198 Å². The SMILES string of the molecule is C[C@H](Nc1nccc(N2C(=O)OC[C@@H]2[C@H](C)F)n1)c1ncn2c1CCc1ccc(C(F)(F)F)cc1-2. The van der Waals surface area contributed by atoms with Crippen molar-refractivity contribution in [1.29, 1.82) is 0 Å². The highest BCUT2D eigenvalue weighted by Gasteiger charge is 2.39. The largest absolute Gasteiger partial charge is 0.447 e. The molecule has 1 amide bonds. The van der Waals surface area contributed by atoms with Crippen molar-refractivity contribution in [3.05, 3.63) is 59.3 Å². The Morgan fingerprint density at radius 1 is 1.17 bits per heavy atom. The Hall–Kier alpha value is -3.70. The van der Waals surface area contributed by atoms with E-state index in [1.54, 1.807) is 4.57 Å². The number of anilines is 2. The zero-order valence-electron chi connectivity index (χ0n) is 18.9. The van der Waals surface area contributed by atoms with Crippen LogP contribution in [-0.4, -0.2) is 44.4 Å². The minimum absolute atomic E-state index is 0.0714. The van der Waals surface area contributed by atoms with Crippen molar-refractivity contribution in [3.63, 3.8) is 0 Å². The number of alkyl halides is 4. The third-order valence-electron chi connectivity index (χ3n) is 6.28. The summed E-state index contributed by atoms with van der Waals surface area (Å²) in [5, 5.41) is 3.13. The molecule has 1 fully saturated rings. The van der Waals surface area contributed by atoms with Crippen molar-refractivity contribution in [2.75, 3.05) is 16.8 Å². The van der Waals surface area contributed by atoms with Crippen LogP contribution in [0.4, 0.5) is 34.1 Å². The van der Waals surface area contributed by atoms with Gasteiger partial charge in [0.2, 0.25) is 5.95 Å². The van der Waals surface area contributed by atoms with Crippen LogP contribution in [-0.2, 0) is 23.8 Å². The number of aromatic nitrogens is 4. The van der Waals surface area contributed by atoms with Crippen LogP contribution in [0.2, 0.25) is 0 Å². The van der Waals surface area contributed by atoms with Crippen molar-refractivity contribution in [2.45, 2.75) is 51.1 Å². The fourth-order valence-corrected chi connectivity index (χ4v) is 4.49. The van der Waals surface area contributed by atoms with Crippen LogP contribution in [0.1, 0.15) is 42.4 Å². The van der Waals surface area contributed by atoms with Gasteiger partial charge in [0.25, 0.3) is 0 Å². The first-order valence-electron chi connectivity index (χ1n) is 11.1. The number of fused-ring (bicyclic) bond motifs is 3. The van der Waals surface area contributed by atoms with Gasteiger partial charge in [-0.25, -0.2) is 19.2 Å². The van der Waals surface area contributed by atoms with Crippen molar-refractivity contribution in [1.82, 2.24) is 19.5 Å². The van der Waals surface area contributed by atoms with Crippen LogP contribution in [0.15, 0.2) is 36.8 Å². The first kappa shape index (κ1) is 23.1. The minimum atomic E-state index is -4.44. The number of hydrogen-bond acceptors (Lipinski definition) is 6. The second kappa shape index (κ2) is 8.51. The fraction of sp³-hybridized carbons (Fsp3) is 0.391. The summed E-state index contributed by atoms with van der Waals surface area (Å²) in [4.78, 5) is 26.3. The summed E-state index contributed by atoms with van der Waals surface area (Å²) < 4.78 is 60.4. The van der Waals surface area contributed by atoms with Gasteiger partial charge < -0.3 is 14.6 Å². The van der Waals surface area contributed by atoms with Gasteiger partial charge in [-0.3, -0.25) is 4.90 Å². The number of aryl methyl sites for hydroxylation is 1. The number of ether oxygens (including phenoxy) is 1. The lowest BCUT2D eigenvalue weighted by atomic mass is 9.97. The second-order valence-corrected chi connectivity index (χ2v) is 8.58. The monoisotopic (exact) mass is 490 g/mol. The number of carbonyl (C=O) groups excluding carboxylic acids is 1. The first-order chi connectivity index (χ1) is 16.6. The zero-order chi connectivity index (χ0) is 24.9. The van der Waals surface area contributed by atoms with E-state index in [4.69, 9.17) is 4.74 Å². The molecule has 0 radical (unpaired) electrons. The van der Waals surface area contributed by atoms with E-state index in [0.717, 1.165) is 28.3 Å². The molecule has 2 aromatic heterocycles. The number of halogens is 4. The number of nitrogens with one attached hydrogen (secondary N) is 1. The average Bonchev–Trinajstić information content (AvgIpc) is 3.42. The number of cyclic esters (lactones) is 1. The molecule has 12 heteroatoms. The molecule has 2 aliphatic rings. The molecule has 3 atom stereocenters. The molecular formula is C23H22F4N6O2. The summed E-state index contributed by atoms with van der Waals surface area (Å²) in [6, 6.07) is 4.06. The fourth-order valence-electron chi connectivity index (χ4n) is 4.49.